The zero-order chi connectivity index (χ0) is 16.8. The van der Waals surface area contributed by atoms with E-state index in [1.165, 1.54) is 18.4 Å². The highest BCUT2D eigenvalue weighted by molar-refractivity contribution is 5.81. The van der Waals surface area contributed by atoms with E-state index in [1.807, 2.05) is 0 Å². The Morgan fingerprint density at radius 1 is 1.21 bits per heavy atom. The number of ketones is 1. The zero-order valence-electron chi connectivity index (χ0n) is 14.1. The average molecular weight is 323 g/mol. The lowest BCUT2D eigenvalue weighted by Gasteiger charge is -2.23. The van der Waals surface area contributed by atoms with E-state index in [-0.39, 0.29) is 11.4 Å². The number of piperidine rings is 1. The van der Waals surface area contributed by atoms with Gasteiger partial charge in [-0.15, -0.1) is 12.3 Å². The van der Waals surface area contributed by atoms with Crippen LogP contribution in [-0.2, 0) is 11.2 Å². The molecular weight excluding hydrogens is 298 g/mol. The van der Waals surface area contributed by atoms with Crippen LogP contribution in [0.1, 0.15) is 55.6 Å². The summed E-state index contributed by atoms with van der Waals surface area (Å²) < 4.78 is 0. The molecule has 0 unspecified atom stereocenters. The minimum Gasteiger partial charge on any atom is -0.317 e. The number of terminal acetylenes is 1. The first-order chi connectivity index (χ1) is 11.7. The number of Topliss-reactive ketones (excluding diaryl/α,β-unsaturated/α-hetero) is 1. The quantitative estimate of drug-likeness (QED) is 0.743. The molecule has 0 atom stereocenters. The minimum atomic E-state index is -0.346. The number of carbonyl (C=O) groups excluding carboxylic acids is 1. The van der Waals surface area contributed by atoms with E-state index in [0.717, 1.165) is 25.1 Å². The lowest BCUT2D eigenvalue weighted by Crippen LogP contribution is -2.26. The van der Waals surface area contributed by atoms with Crippen LogP contribution in [0.15, 0.2) is 34.5 Å². The number of hydrogen-bond donors (Lipinski definition) is 1. The normalized spacial score (nSPS) is 19.0. The molecule has 0 radical (unpaired) electrons. The summed E-state index contributed by atoms with van der Waals surface area (Å²) in [6.45, 7) is 2.20. The highest BCUT2D eigenvalue weighted by atomic mass is 16.1. The molecule has 1 fully saturated rings. The molecule has 1 aromatic rings. The number of nitrogens with zero attached hydrogens (tertiary/aromatic N) is 2. The predicted octanol–water partition coefficient (Wildman–Crippen LogP) is 3.62. The summed E-state index contributed by atoms with van der Waals surface area (Å²) in [5.74, 6) is 3.52. The van der Waals surface area contributed by atoms with Crippen LogP contribution in [0.3, 0.4) is 0 Å². The van der Waals surface area contributed by atoms with Gasteiger partial charge in [0.1, 0.15) is 5.78 Å². The van der Waals surface area contributed by atoms with E-state index in [2.05, 4.69) is 45.7 Å². The van der Waals surface area contributed by atoms with Crippen molar-refractivity contribution in [2.24, 2.45) is 10.2 Å². The number of hydrogen-bond acceptors (Lipinski definition) is 4. The summed E-state index contributed by atoms with van der Waals surface area (Å²) in [5, 5.41) is 11.6. The van der Waals surface area contributed by atoms with E-state index in [4.69, 9.17) is 6.42 Å². The molecule has 1 N–H and O–H groups in total. The molecule has 4 heteroatoms. The standard InChI is InChI=1S/C20H25N3O/c1-2-3-11-20(22-23-20)12-8-19(24)15-16-4-6-17(7-5-16)18-9-13-21-14-10-18/h1,4-7,18,21H,3,8-15H2. The minimum absolute atomic E-state index is 0.252. The Balaban J connectivity index is 1.45. The Hall–Kier alpha value is -1.99. The van der Waals surface area contributed by atoms with E-state index >= 15 is 0 Å². The van der Waals surface area contributed by atoms with Crippen molar-refractivity contribution < 1.29 is 4.79 Å². The van der Waals surface area contributed by atoms with Crippen molar-refractivity contribution in [3.05, 3.63) is 35.4 Å². The van der Waals surface area contributed by atoms with Crippen LogP contribution in [0.5, 0.6) is 0 Å². The van der Waals surface area contributed by atoms with Gasteiger partial charge >= 0.3 is 0 Å². The van der Waals surface area contributed by atoms with Crippen LogP contribution in [0.4, 0.5) is 0 Å². The second kappa shape index (κ2) is 7.72. The van der Waals surface area contributed by atoms with E-state index in [0.29, 0.717) is 31.6 Å². The highest BCUT2D eigenvalue weighted by Crippen LogP contribution is 2.37. The molecule has 24 heavy (non-hydrogen) atoms. The molecule has 2 aliphatic rings. The average Bonchev–Trinajstić information content (AvgIpc) is 3.40. The Morgan fingerprint density at radius 2 is 1.92 bits per heavy atom. The summed E-state index contributed by atoms with van der Waals surface area (Å²) in [5.41, 5.74) is 2.15. The summed E-state index contributed by atoms with van der Waals surface area (Å²) in [6, 6.07) is 8.60. The Morgan fingerprint density at radius 3 is 2.54 bits per heavy atom. The van der Waals surface area contributed by atoms with Crippen molar-refractivity contribution in [1.82, 2.24) is 5.32 Å². The lowest BCUT2D eigenvalue weighted by molar-refractivity contribution is -0.118. The van der Waals surface area contributed by atoms with Crippen LogP contribution in [-0.4, -0.2) is 24.5 Å². The van der Waals surface area contributed by atoms with Crippen molar-refractivity contribution in [2.45, 2.75) is 56.5 Å². The third-order valence-electron chi connectivity index (χ3n) is 5.05. The second-order valence-electron chi connectivity index (χ2n) is 6.87. The van der Waals surface area contributed by atoms with Crippen molar-refractivity contribution in [3.63, 3.8) is 0 Å². The van der Waals surface area contributed by atoms with Gasteiger partial charge in [0.15, 0.2) is 5.66 Å². The fraction of sp³-hybridized carbons (Fsp3) is 0.550. The second-order valence-corrected chi connectivity index (χ2v) is 6.87. The van der Waals surface area contributed by atoms with Crippen molar-refractivity contribution in [2.75, 3.05) is 13.1 Å². The zero-order valence-corrected chi connectivity index (χ0v) is 14.1. The van der Waals surface area contributed by atoms with E-state index < -0.39 is 0 Å². The van der Waals surface area contributed by atoms with Gasteiger partial charge in [0.25, 0.3) is 0 Å². The predicted molar refractivity (Wildman–Crippen MR) is 94.9 cm³/mol. The molecule has 2 aliphatic heterocycles. The van der Waals surface area contributed by atoms with Crippen LogP contribution >= 0.6 is 0 Å². The summed E-state index contributed by atoms with van der Waals surface area (Å²) in [4.78, 5) is 12.2. The van der Waals surface area contributed by atoms with E-state index in [9.17, 15) is 4.79 Å². The molecule has 0 spiro atoms. The fourth-order valence-electron chi connectivity index (χ4n) is 3.39. The Bertz CT molecular complexity index is 630. The first kappa shape index (κ1) is 16.9. The molecule has 4 nitrogen and oxygen atoms in total. The van der Waals surface area contributed by atoms with Gasteiger partial charge in [0.05, 0.1) is 0 Å². The molecular formula is C20H25N3O. The third-order valence-corrected chi connectivity index (χ3v) is 5.05. The van der Waals surface area contributed by atoms with Crippen molar-refractivity contribution in [3.8, 4) is 12.3 Å². The number of nitrogens with one attached hydrogen (secondary N) is 1. The van der Waals surface area contributed by atoms with Gasteiger partial charge in [-0.2, -0.15) is 10.2 Å². The van der Waals surface area contributed by atoms with Gasteiger partial charge in [-0.25, -0.2) is 0 Å². The number of carbonyl (C=O) groups is 1. The van der Waals surface area contributed by atoms with Gasteiger partial charge in [0.2, 0.25) is 0 Å². The van der Waals surface area contributed by atoms with Crippen LogP contribution in [0.2, 0.25) is 0 Å². The van der Waals surface area contributed by atoms with Crippen molar-refractivity contribution >= 4 is 5.78 Å². The molecule has 1 aromatic carbocycles. The highest BCUT2D eigenvalue weighted by Gasteiger charge is 2.39. The molecule has 0 bridgehead atoms. The Kier molecular flexibility index (Phi) is 5.42. The van der Waals surface area contributed by atoms with Gasteiger partial charge in [-0.05, 0) is 43.0 Å². The Labute approximate surface area is 144 Å². The monoisotopic (exact) mass is 323 g/mol. The molecule has 2 heterocycles. The van der Waals surface area contributed by atoms with Crippen LogP contribution in [0, 0.1) is 12.3 Å². The third kappa shape index (κ3) is 4.52. The summed E-state index contributed by atoms with van der Waals surface area (Å²) in [6.07, 6.45) is 10.8. The maximum atomic E-state index is 12.2. The van der Waals surface area contributed by atoms with Crippen LogP contribution in [0.25, 0.3) is 0 Å². The van der Waals surface area contributed by atoms with Gasteiger partial charge in [0, 0.05) is 32.1 Å². The summed E-state index contributed by atoms with van der Waals surface area (Å²) >= 11 is 0. The number of rotatable bonds is 8. The molecule has 126 valence electrons. The fourth-order valence-corrected chi connectivity index (χ4v) is 3.39. The number of benzene rings is 1. The van der Waals surface area contributed by atoms with Crippen LogP contribution < -0.4 is 5.32 Å². The molecule has 3 rings (SSSR count). The summed E-state index contributed by atoms with van der Waals surface area (Å²) in [7, 11) is 0. The molecule has 0 aliphatic carbocycles. The molecule has 1 saturated heterocycles. The first-order valence-electron chi connectivity index (χ1n) is 8.89. The van der Waals surface area contributed by atoms with Crippen molar-refractivity contribution in [1.29, 1.82) is 0 Å². The SMILES string of the molecule is C#CCCC1(CCC(=O)Cc2ccc(C3CCNCC3)cc2)N=N1. The van der Waals surface area contributed by atoms with Gasteiger partial charge in [-0.3, -0.25) is 4.79 Å². The smallest absolute Gasteiger partial charge is 0.192 e. The molecule has 0 saturated carbocycles. The maximum absolute atomic E-state index is 12.2. The molecule has 0 amide bonds. The maximum Gasteiger partial charge on any atom is 0.192 e. The van der Waals surface area contributed by atoms with Gasteiger partial charge < -0.3 is 5.32 Å². The lowest BCUT2D eigenvalue weighted by atomic mass is 9.89. The van der Waals surface area contributed by atoms with Gasteiger partial charge in [-0.1, -0.05) is 24.3 Å². The largest absolute Gasteiger partial charge is 0.317 e. The topological polar surface area (TPSA) is 53.8 Å². The first-order valence-corrected chi connectivity index (χ1v) is 8.89. The molecule has 0 aromatic heterocycles. The van der Waals surface area contributed by atoms with E-state index in [1.54, 1.807) is 0 Å².